The number of piperidine rings is 1. The summed E-state index contributed by atoms with van der Waals surface area (Å²) in [5, 5.41) is 0. The first kappa shape index (κ1) is 15.5. The molecule has 0 atom stereocenters. The van der Waals surface area contributed by atoms with Gasteiger partial charge in [-0.05, 0) is 61.0 Å². The molecule has 1 heterocycles. The van der Waals surface area contributed by atoms with E-state index in [4.69, 9.17) is 16.3 Å². The lowest BCUT2D eigenvalue weighted by molar-refractivity contribution is 0.189. The third kappa shape index (κ3) is 4.08. The van der Waals surface area contributed by atoms with Crippen LogP contribution in [-0.2, 0) is 5.88 Å². The van der Waals surface area contributed by atoms with Gasteiger partial charge in [-0.25, -0.2) is 0 Å². The molecular weight excluding hydrogens is 302 g/mol. The number of rotatable bonds is 6. The summed E-state index contributed by atoms with van der Waals surface area (Å²) in [6.45, 7) is 3.24. The van der Waals surface area contributed by atoms with Crippen molar-refractivity contribution in [3.05, 3.63) is 29.3 Å². The minimum atomic E-state index is 0.590. The normalized spacial score (nSPS) is 20.7. The monoisotopic (exact) mass is 325 g/mol. The van der Waals surface area contributed by atoms with Gasteiger partial charge in [0.05, 0.1) is 6.61 Å². The van der Waals surface area contributed by atoms with E-state index >= 15 is 0 Å². The molecule has 0 unspecified atom stereocenters. The third-order valence-electron chi connectivity index (χ3n) is 4.55. The molecule has 21 heavy (non-hydrogen) atoms. The summed E-state index contributed by atoms with van der Waals surface area (Å²) in [4.78, 5) is 0. The van der Waals surface area contributed by atoms with E-state index in [0.29, 0.717) is 17.7 Å². The minimum Gasteiger partial charge on any atom is -0.493 e. The highest BCUT2D eigenvalue weighted by atomic mass is 35.5. The zero-order valence-corrected chi connectivity index (χ0v) is 14.3. The van der Waals surface area contributed by atoms with Crippen molar-refractivity contribution in [1.29, 1.82) is 0 Å². The van der Waals surface area contributed by atoms with Crippen LogP contribution in [0.4, 0.5) is 0 Å². The quantitative estimate of drug-likeness (QED) is 0.557. The second-order valence-electron chi connectivity index (χ2n) is 6.15. The van der Waals surface area contributed by atoms with Crippen LogP contribution in [0.2, 0.25) is 0 Å². The highest BCUT2D eigenvalue weighted by Crippen LogP contribution is 2.45. The van der Waals surface area contributed by atoms with Crippen LogP contribution >= 0.6 is 23.5 Å². The Bertz CT molecular complexity index is 470. The van der Waals surface area contributed by atoms with Gasteiger partial charge in [0.2, 0.25) is 0 Å². The number of ether oxygens (including phenoxy) is 1. The van der Waals surface area contributed by atoms with Crippen molar-refractivity contribution in [2.24, 2.45) is 5.92 Å². The van der Waals surface area contributed by atoms with Gasteiger partial charge in [-0.2, -0.15) is 0 Å². The van der Waals surface area contributed by atoms with Crippen molar-refractivity contribution in [2.75, 3.05) is 26.0 Å². The van der Waals surface area contributed by atoms with Gasteiger partial charge in [-0.1, -0.05) is 24.1 Å². The number of hydrogen-bond donors (Lipinski definition) is 0. The van der Waals surface area contributed by atoms with Gasteiger partial charge in [-0.3, -0.25) is 4.31 Å². The van der Waals surface area contributed by atoms with Gasteiger partial charge in [0, 0.05) is 19.0 Å². The predicted molar refractivity (Wildman–Crippen MR) is 91.3 cm³/mol. The SMILES string of the molecule is CSN1CCC(COc2ccc(CCl)cc2C2CC2)CC1. The summed E-state index contributed by atoms with van der Waals surface area (Å²) in [5.74, 6) is 3.10. The molecule has 0 radical (unpaired) electrons. The average molecular weight is 326 g/mol. The molecule has 1 aliphatic heterocycles. The average Bonchev–Trinajstić information content (AvgIpc) is 3.38. The van der Waals surface area contributed by atoms with Crippen LogP contribution in [0.1, 0.15) is 42.7 Å². The van der Waals surface area contributed by atoms with Crippen LogP contribution in [0.25, 0.3) is 0 Å². The van der Waals surface area contributed by atoms with Crippen molar-refractivity contribution in [3.8, 4) is 5.75 Å². The lowest BCUT2D eigenvalue weighted by atomic mass is 9.99. The number of halogens is 1. The summed E-state index contributed by atoms with van der Waals surface area (Å²) >= 11 is 7.82. The standard InChI is InChI=1S/C17H24ClNOS/c1-21-19-8-6-13(7-9-19)12-20-17-5-2-14(11-18)10-16(17)15-3-4-15/h2,5,10,13,15H,3-4,6-9,11-12H2,1H3. The fourth-order valence-electron chi connectivity index (χ4n) is 2.99. The Morgan fingerprint density at radius 1 is 1.24 bits per heavy atom. The first-order valence-electron chi connectivity index (χ1n) is 7.90. The maximum atomic E-state index is 6.18. The summed E-state index contributed by atoms with van der Waals surface area (Å²) in [5.41, 5.74) is 2.59. The molecule has 1 aromatic carbocycles. The number of nitrogens with zero attached hydrogens (tertiary/aromatic N) is 1. The van der Waals surface area contributed by atoms with Gasteiger partial charge < -0.3 is 4.74 Å². The molecule has 116 valence electrons. The first-order chi connectivity index (χ1) is 10.3. The van der Waals surface area contributed by atoms with E-state index in [1.165, 1.54) is 49.9 Å². The largest absolute Gasteiger partial charge is 0.493 e. The van der Waals surface area contributed by atoms with Crippen molar-refractivity contribution >= 4 is 23.5 Å². The van der Waals surface area contributed by atoms with Crippen LogP contribution in [0.3, 0.4) is 0 Å². The molecule has 2 aliphatic rings. The number of alkyl halides is 1. The van der Waals surface area contributed by atoms with Crippen LogP contribution < -0.4 is 4.74 Å². The molecule has 1 saturated carbocycles. The van der Waals surface area contributed by atoms with Crippen LogP contribution in [0.5, 0.6) is 5.75 Å². The topological polar surface area (TPSA) is 12.5 Å². The highest BCUT2D eigenvalue weighted by Gasteiger charge is 2.27. The van der Waals surface area contributed by atoms with Crippen LogP contribution in [-0.4, -0.2) is 30.3 Å². The van der Waals surface area contributed by atoms with Gasteiger partial charge in [0.25, 0.3) is 0 Å². The Kier molecular flexibility index (Phi) is 5.36. The van der Waals surface area contributed by atoms with E-state index < -0.39 is 0 Å². The molecular formula is C17H24ClNOS. The van der Waals surface area contributed by atoms with Crippen molar-refractivity contribution in [3.63, 3.8) is 0 Å². The second-order valence-corrected chi connectivity index (χ2v) is 7.29. The minimum absolute atomic E-state index is 0.590. The van der Waals surface area contributed by atoms with Crippen molar-refractivity contribution in [1.82, 2.24) is 4.31 Å². The first-order valence-corrected chi connectivity index (χ1v) is 9.62. The van der Waals surface area contributed by atoms with E-state index in [-0.39, 0.29) is 0 Å². The Hall–Kier alpha value is -0.380. The second kappa shape index (κ2) is 7.26. The molecule has 1 aliphatic carbocycles. The Balaban J connectivity index is 1.58. The van der Waals surface area contributed by atoms with Crippen LogP contribution in [0.15, 0.2) is 18.2 Å². The van der Waals surface area contributed by atoms with E-state index in [9.17, 15) is 0 Å². The van der Waals surface area contributed by atoms with Crippen LogP contribution in [0, 0.1) is 5.92 Å². The molecule has 0 amide bonds. The third-order valence-corrected chi connectivity index (χ3v) is 5.74. The molecule has 3 rings (SSSR count). The molecule has 2 nitrogen and oxygen atoms in total. The van der Waals surface area contributed by atoms with E-state index in [1.807, 2.05) is 11.9 Å². The van der Waals surface area contributed by atoms with Gasteiger partial charge >= 0.3 is 0 Å². The molecule has 1 saturated heterocycles. The van der Waals surface area contributed by atoms with E-state index in [2.05, 4.69) is 28.8 Å². The van der Waals surface area contributed by atoms with E-state index in [1.54, 1.807) is 0 Å². The fourth-order valence-corrected chi connectivity index (χ4v) is 3.73. The number of hydrogen-bond acceptors (Lipinski definition) is 3. The lowest BCUT2D eigenvalue weighted by Crippen LogP contribution is -2.30. The number of benzene rings is 1. The maximum Gasteiger partial charge on any atom is 0.122 e. The Morgan fingerprint density at radius 3 is 2.62 bits per heavy atom. The summed E-state index contributed by atoms with van der Waals surface area (Å²) in [7, 11) is 0. The van der Waals surface area contributed by atoms with Gasteiger partial charge in [0.15, 0.2) is 0 Å². The molecule has 0 spiro atoms. The molecule has 1 aromatic rings. The Morgan fingerprint density at radius 2 is 2.00 bits per heavy atom. The zero-order valence-electron chi connectivity index (χ0n) is 12.7. The smallest absolute Gasteiger partial charge is 0.122 e. The van der Waals surface area contributed by atoms with Crippen molar-refractivity contribution < 1.29 is 4.74 Å². The molecule has 4 heteroatoms. The lowest BCUT2D eigenvalue weighted by Gasteiger charge is -2.30. The summed E-state index contributed by atoms with van der Waals surface area (Å²) < 4.78 is 8.62. The zero-order chi connectivity index (χ0) is 14.7. The van der Waals surface area contributed by atoms with Gasteiger partial charge in [-0.15, -0.1) is 11.6 Å². The van der Waals surface area contributed by atoms with Crippen molar-refractivity contribution in [2.45, 2.75) is 37.5 Å². The van der Waals surface area contributed by atoms with E-state index in [0.717, 1.165) is 12.4 Å². The van der Waals surface area contributed by atoms with Gasteiger partial charge in [0.1, 0.15) is 5.75 Å². The molecule has 2 fully saturated rings. The maximum absolute atomic E-state index is 6.18. The predicted octanol–water partition coefficient (Wildman–Crippen LogP) is 4.67. The summed E-state index contributed by atoms with van der Waals surface area (Å²) in [6.07, 6.45) is 7.26. The molecule has 0 N–H and O–H groups in total. The Labute approximate surface area is 137 Å². The molecule has 0 aromatic heterocycles. The summed E-state index contributed by atoms with van der Waals surface area (Å²) in [6, 6.07) is 6.48. The fraction of sp³-hybridized carbons (Fsp3) is 0.647. The highest BCUT2D eigenvalue weighted by molar-refractivity contribution is 7.96. The molecule has 0 bridgehead atoms.